The lowest BCUT2D eigenvalue weighted by Crippen LogP contribution is -2.41. The summed E-state index contributed by atoms with van der Waals surface area (Å²) in [6.07, 6.45) is 4.11. The monoisotopic (exact) mass is 648 g/mol. The number of thiophene rings is 1. The first kappa shape index (κ1) is 37.7. The predicted octanol–water partition coefficient (Wildman–Crippen LogP) is 8.31. The molecule has 0 aliphatic carbocycles. The van der Waals surface area contributed by atoms with Crippen LogP contribution in [0.5, 0.6) is 0 Å². The van der Waals surface area contributed by atoms with Gasteiger partial charge in [-0.25, -0.2) is 0 Å². The van der Waals surface area contributed by atoms with Crippen molar-refractivity contribution in [3.05, 3.63) is 141 Å². The Bertz CT molecular complexity index is 1600. The predicted molar refractivity (Wildman–Crippen MR) is 202 cm³/mol. The molecule has 0 spiro atoms. The van der Waals surface area contributed by atoms with Crippen molar-refractivity contribution in [3.63, 3.8) is 0 Å². The van der Waals surface area contributed by atoms with Crippen molar-refractivity contribution in [2.24, 2.45) is 11.8 Å². The quantitative estimate of drug-likeness (QED) is 0.161. The maximum Gasteiger partial charge on any atom is 0.151 e. The summed E-state index contributed by atoms with van der Waals surface area (Å²) in [5, 5.41) is 25.0. The van der Waals surface area contributed by atoms with E-state index in [9.17, 15) is 10.2 Å². The Balaban J connectivity index is 0.000000257. The number of hydrogen-bond donors (Lipinski definition) is 2. The van der Waals surface area contributed by atoms with E-state index in [2.05, 4.69) is 46.8 Å². The minimum absolute atomic E-state index is 0.0290. The van der Waals surface area contributed by atoms with Gasteiger partial charge in [0.2, 0.25) is 0 Å². The highest BCUT2D eigenvalue weighted by atomic mass is 32.1. The Labute approximate surface area is 287 Å². The third kappa shape index (κ3) is 10.9. The number of aliphatic hydroxyl groups is 2. The lowest BCUT2D eigenvalue weighted by Gasteiger charge is -2.36. The fourth-order valence-electron chi connectivity index (χ4n) is 5.80. The van der Waals surface area contributed by atoms with E-state index < -0.39 is 11.2 Å². The summed E-state index contributed by atoms with van der Waals surface area (Å²) in [7, 11) is 8.11. The average molecular weight is 649 g/mol. The molecule has 0 aliphatic rings. The average Bonchev–Trinajstić information content (AvgIpc) is 3.60. The Morgan fingerprint density at radius 1 is 0.681 bits per heavy atom. The summed E-state index contributed by atoms with van der Waals surface area (Å²) in [4.78, 5) is 5.21. The molecule has 3 aromatic carbocycles. The van der Waals surface area contributed by atoms with Crippen molar-refractivity contribution in [2.45, 2.75) is 38.9 Å². The third-order valence-corrected chi connectivity index (χ3v) is 9.33. The van der Waals surface area contributed by atoms with Crippen LogP contribution >= 0.6 is 11.3 Å². The SMILES string of the molecule is CC(=Cc1ccccc1)C(O)(C#Cc1ccccc1)C(C)CN(C)C.CC(=Cc1ccccc1)C(O)(c1cccs1)C(C)CN(C)C. The first-order valence-corrected chi connectivity index (χ1v) is 17.1. The van der Waals surface area contributed by atoms with Crippen LogP contribution in [-0.4, -0.2) is 66.9 Å². The molecule has 0 bridgehead atoms. The minimum atomic E-state index is -1.18. The van der Waals surface area contributed by atoms with Crippen molar-refractivity contribution in [1.82, 2.24) is 9.80 Å². The zero-order valence-electron chi connectivity index (χ0n) is 29.3. The highest BCUT2D eigenvalue weighted by Crippen LogP contribution is 2.40. The number of rotatable bonds is 11. The van der Waals surface area contributed by atoms with Crippen LogP contribution in [0.25, 0.3) is 12.2 Å². The van der Waals surface area contributed by atoms with Crippen LogP contribution in [0.3, 0.4) is 0 Å². The lowest BCUT2D eigenvalue weighted by molar-refractivity contribution is 0.0138. The molecule has 1 heterocycles. The van der Waals surface area contributed by atoms with Gasteiger partial charge >= 0.3 is 0 Å². The molecule has 0 amide bonds. The van der Waals surface area contributed by atoms with E-state index in [1.807, 2.05) is 151 Å². The summed E-state index contributed by atoms with van der Waals surface area (Å²) in [5.41, 5.74) is 2.81. The van der Waals surface area contributed by atoms with Gasteiger partial charge in [-0.2, -0.15) is 0 Å². The molecule has 1 aromatic heterocycles. The van der Waals surface area contributed by atoms with Gasteiger partial charge in [-0.1, -0.05) is 123 Å². The number of benzene rings is 3. The van der Waals surface area contributed by atoms with Crippen LogP contribution in [0.4, 0.5) is 0 Å². The van der Waals surface area contributed by atoms with Crippen LogP contribution in [-0.2, 0) is 5.60 Å². The summed E-state index contributed by atoms with van der Waals surface area (Å²) < 4.78 is 0. The summed E-state index contributed by atoms with van der Waals surface area (Å²) in [6.45, 7) is 9.72. The molecule has 5 heteroatoms. The van der Waals surface area contributed by atoms with Gasteiger partial charge in [0.05, 0.1) is 0 Å². The van der Waals surface area contributed by atoms with E-state index in [-0.39, 0.29) is 11.8 Å². The van der Waals surface area contributed by atoms with Gasteiger partial charge in [0.15, 0.2) is 5.60 Å². The van der Waals surface area contributed by atoms with Crippen molar-refractivity contribution in [2.75, 3.05) is 41.3 Å². The molecule has 0 saturated carbocycles. The maximum atomic E-state index is 11.5. The lowest BCUT2D eigenvalue weighted by atomic mass is 9.80. The number of nitrogens with zero attached hydrogens (tertiary/aromatic N) is 2. The topological polar surface area (TPSA) is 46.9 Å². The summed E-state index contributed by atoms with van der Waals surface area (Å²) in [5.74, 6) is 6.36. The van der Waals surface area contributed by atoms with Gasteiger partial charge in [-0.05, 0) is 87.9 Å². The van der Waals surface area contributed by atoms with Gasteiger partial charge in [-0.15, -0.1) is 11.3 Å². The van der Waals surface area contributed by atoms with Crippen molar-refractivity contribution in [3.8, 4) is 11.8 Å². The second-order valence-corrected chi connectivity index (χ2v) is 13.9. The zero-order chi connectivity index (χ0) is 34.5. The molecule has 0 radical (unpaired) electrons. The smallest absolute Gasteiger partial charge is 0.151 e. The molecule has 4 rings (SSSR count). The Morgan fingerprint density at radius 3 is 1.62 bits per heavy atom. The Kier molecular flexibility index (Phi) is 14.4. The molecule has 2 N–H and O–H groups in total. The molecule has 47 heavy (non-hydrogen) atoms. The fraction of sp³-hybridized carbons (Fsp3) is 0.333. The van der Waals surface area contributed by atoms with Crippen LogP contribution in [0.15, 0.2) is 120 Å². The maximum absolute atomic E-state index is 11.5. The van der Waals surface area contributed by atoms with Crippen LogP contribution in [0.2, 0.25) is 0 Å². The van der Waals surface area contributed by atoms with Crippen LogP contribution < -0.4 is 0 Å². The normalized spacial score (nSPS) is 15.8. The minimum Gasteiger partial charge on any atom is -0.380 e. The van der Waals surface area contributed by atoms with Gasteiger partial charge in [0, 0.05) is 35.4 Å². The van der Waals surface area contributed by atoms with E-state index in [0.717, 1.165) is 45.8 Å². The molecule has 4 unspecified atom stereocenters. The van der Waals surface area contributed by atoms with Crippen molar-refractivity contribution < 1.29 is 10.2 Å². The largest absolute Gasteiger partial charge is 0.380 e. The first-order valence-electron chi connectivity index (χ1n) is 16.2. The standard InChI is InChI=1S/C23H27NO.C19H25NOS/c1-19(17-22-13-9-6-10-14-22)23(25,20(2)18-24(3)4)16-15-21-11-7-5-8-12-21;1-15(13-17-9-6-5-7-10-17)19(21,16(2)14-20(3)4)18-11-8-12-22-18/h5-14,17,20,25H,18H2,1-4H3;5-13,16,21H,14H2,1-4H3. The molecule has 4 atom stereocenters. The number of hydrogen-bond acceptors (Lipinski definition) is 5. The van der Waals surface area contributed by atoms with E-state index >= 15 is 0 Å². The second-order valence-electron chi connectivity index (χ2n) is 12.9. The molecule has 0 fully saturated rings. The Hall–Kier alpha value is -3.76. The van der Waals surface area contributed by atoms with E-state index in [0.29, 0.717) is 0 Å². The molecule has 248 valence electrons. The van der Waals surface area contributed by atoms with Gasteiger partial charge in [0.1, 0.15) is 5.60 Å². The van der Waals surface area contributed by atoms with Gasteiger partial charge in [-0.3, -0.25) is 0 Å². The third-order valence-electron chi connectivity index (χ3n) is 8.34. The van der Waals surface area contributed by atoms with Crippen LogP contribution in [0, 0.1) is 23.7 Å². The molecule has 4 aromatic rings. The highest BCUT2D eigenvalue weighted by Gasteiger charge is 2.38. The van der Waals surface area contributed by atoms with Crippen molar-refractivity contribution >= 4 is 23.5 Å². The van der Waals surface area contributed by atoms with Gasteiger partial charge < -0.3 is 20.0 Å². The van der Waals surface area contributed by atoms with Crippen LogP contribution in [0.1, 0.15) is 49.3 Å². The Morgan fingerprint density at radius 2 is 1.15 bits per heavy atom. The second kappa shape index (κ2) is 18.0. The zero-order valence-corrected chi connectivity index (χ0v) is 30.1. The molecular formula is C42H52N2O2S. The molecule has 0 aliphatic heterocycles. The fourth-order valence-corrected chi connectivity index (χ4v) is 6.80. The first-order chi connectivity index (χ1) is 22.4. The van der Waals surface area contributed by atoms with E-state index in [1.54, 1.807) is 11.3 Å². The van der Waals surface area contributed by atoms with E-state index in [1.165, 1.54) is 0 Å². The van der Waals surface area contributed by atoms with E-state index in [4.69, 9.17) is 0 Å². The molecule has 4 nitrogen and oxygen atoms in total. The molecular weight excluding hydrogens is 597 g/mol. The summed E-state index contributed by atoms with van der Waals surface area (Å²) in [6, 6.07) is 34.1. The highest BCUT2D eigenvalue weighted by molar-refractivity contribution is 7.10. The van der Waals surface area contributed by atoms with Crippen molar-refractivity contribution in [1.29, 1.82) is 0 Å². The van der Waals surface area contributed by atoms with Gasteiger partial charge in [0.25, 0.3) is 0 Å². The summed E-state index contributed by atoms with van der Waals surface area (Å²) >= 11 is 1.61. The molecule has 0 saturated heterocycles.